The quantitative estimate of drug-likeness (QED) is 0.378. The van der Waals surface area contributed by atoms with E-state index in [0.29, 0.717) is 38.0 Å². The standard InChI is InChI=1S/C19H30FN3O3/c1-3-21-19(22-9-11-24-14-18-8-5-10-25-18)23-13-15(2)26-17-7-4-6-16(20)12-17/h4,6-7,12,15,18H,3,5,8-11,13-14H2,1-2H3,(H2,21,22,23). The summed E-state index contributed by atoms with van der Waals surface area (Å²) in [5.41, 5.74) is 0. The van der Waals surface area contributed by atoms with Gasteiger partial charge in [-0.25, -0.2) is 9.38 Å². The van der Waals surface area contributed by atoms with Gasteiger partial charge in [-0.1, -0.05) is 6.07 Å². The van der Waals surface area contributed by atoms with Crippen LogP contribution in [0.3, 0.4) is 0 Å². The van der Waals surface area contributed by atoms with Crippen molar-refractivity contribution in [2.45, 2.75) is 38.9 Å². The summed E-state index contributed by atoms with van der Waals surface area (Å²) in [6.07, 6.45) is 2.29. The van der Waals surface area contributed by atoms with Crippen molar-refractivity contribution in [3.63, 3.8) is 0 Å². The van der Waals surface area contributed by atoms with Crippen molar-refractivity contribution < 1.29 is 18.6 Å². The maximum Gasteiger partial charge on any atom is 0.191 e. The predicted octanol–water partition coefficient (Wildman–Crippen LogP) is 2.34. The Morgan fingerprint density at radius 3 is 3.04 bits per heavy atom. The number of hydrogen-bond acceptors (Lipinski definition) is 4. The normalized spacial score (nSPS) is 18.6. The smallest absolute Gasteiger partial charge is 0.191 e. The number of nitrogens with one attached hydrogen (secondary N) is 2. The summed E-state index contributed by atoms with van der Waals surface area (Å²) >= 11 is 0. The second kappa shape index (κ2) is 11.7. The van der Waals surface area contributed by atoms with Crippen molar-refractivity contribution in [2.75, 3.05) is 39.5 Å². The van der Waals surface area contributed by atoms with Gasteiger partial charge >= 0.3 is 0 Å². The van der Waals surface area contributed by atoms with Crippen LogP contribution in [0.15, 0.2) is 29.3 Å². The molecule has 0 aliphatic carbocycles. The van der Waals surface area contributed by atoms with Crippen LogP contribution in [0.5, 0.6) is 5.75 Å². The third-order valence-corrected chi connectivity index (χ3v) is 3.85. The second-order valence-corrected chi connectivity index (χ2v) is 6.24. The first kappa shape index (κ1) is 20.5. The number of guanidine groups is 1. The molecule has 0 saturated carbocycles. The van der Waals surface area contributed by atoms with E-state index in [9.17, 15) is 4.39 Å². The lowest BCUT2D eigenvalue weighted by Crippen LogP contribution is -2.39. The summed E-state index contributed by atoms with van der Waals surface area (Å²) in [6, 6.07) is 6.12. The van der Waals surface area contributed by atoms with E-state index in [0.717, 1.165) is 26.0 Å². The van der Waals surface area contributed by atoms with Crippen LogP contribution >= 0.6 is 0 Å². The van der Waals surface area contributed by atoms with Gasteiger partial charge in [0.1, 0.15) is 17.7 Å². The number of benzene rings is 1. The minimum atomic E-state index is -0.309. The van der Waals surface area contributed by atoms with Crippen LogP contribution in [0.4, 0.5) is 4.39 Å². The number of halogens is 1. The minimum absolute atomic E-state index is 0.164. The summed E-state index contributed by atoms with van der Waals surface area (Å²) in [4.78, 5) is 4.50. The van der Waals surface area contributed by atoms with Crippen molar-refractivity contribution in [2.24, 2.45) is 4.99 Å². The summed E-state index contributed by atoms with van der Waals surface area (Å²) in [7, 11) is 0. The van der Waals surface area contributed by atoms with Crippen LogP contribution in [0, 0.1) is 5.82 Å². The first-order chi connectivity index (χ1) is 12.7. The molecule has 1 aromatic rings. The van der Waals surface area contributed by atoms with Gasteiger partial charge in [-0.05, 0) is 38.8 Å². The van der Waals surface area contributed by atoms with Gasteiger partial charge in [-0.3, -0.25) is 0 Å². The van der Waals surface area contributed by atoms with E-state index in [1.165, 1.54) is 12.1 Å². The van der Waals surface area contributed by atoms with Gasteiger partial charge in [0.2, 0.25) is 0 Å². The van der Waals surface area contributed by atoms with E-state index >= 15 is 0 Å². The average molecular weight is 367 g/mol. The molecule has 26 heavy (non-hydrogen) atoms. The highest BCUT2D eigenvalue weighted by molar-refractivity contribution is 5.79. The first-order valence-corrected chi connectivity index (χ1v) is 9.31. The third-order valence-electron chi connectivity index (χ3n) is 3.85. The van der Waals surface area contributed by atoms with Crippen molar-refractivity contribution in [3.05, 3.63) is 30.1 Å². The molecule has 2 N–H and O–H groups in total. The van der Waals surface area contributed by atoms with E-state index in [-0.39, 0.29) is 18.0 Å². The van der Waals surface area contributed by atoms with Gasteiger partial charge in [-0.15, -0.1) is 0 Å². The summed E-state index contributed by atoms with van der Waals surface area (Å²) < 4.78 is 30.0. The molecule has 0 bridgehead atoms. The van der Waals surface area contributed by atoms with Crippen LogP contribution in [0.1, 0.15) is 26.7 Å². The zero-order valence-corrected chi connectivity index (χ0v) is 15.7. The van der Waals surface area contributed by atoms with E-state index < -0.39 is 0 Å². The molecule has 6 nitrogen and oxygen atoms in total. The largest absolute Gasteiger partial charge is 0.489 e. The van der Waals surface area contributed by atoms with E-state index in [1.807, 2.05) is 13.8 Å². The van der Waals surface area contributed by atoms with Gasteiger partial charge in [0, 0.05) is 25.8 Å². The Morgan fingerprint density at radius 1 is 1.42 bits per heavy atom. The molecule has 1 aliphatic rings. The van der Waals surface area contributed by atoms with Crippen LogP contribution in [0.2, 0.25) is 0 Å². The van der Waals surface area contributed by atoms with Gasteiger partial charge in [0.15, 0.2) is 5.96 Å². The molecule has 2 unspecified atom stereocenters. The number of rotatable bonds is 10. The molecule has 146 valence electrons. The van der Waals surface area contributed by atoms with Gasteiger partial charge in [0.25, 0.3) is 0 Å². The molecule has 1 saturated heterocycles. The molecule has 1 aromatic carbocycles. The molecule has 0 amide bonds. The Morgan fingerprint density at radius 2 is 2.31 bits per heavy atom. The molecule has 2 rings (SSSR count). The molecule has 0 spiro atoms. The van der Waals surface area contributed by atoms with Crippen molar-refractivity contribution >= 4 is 5.96 Å². The average Bonchev–Trinajstić information content (AvgIpc) is 3.12. The highest BCUT2D eigenvalue weighted by Gasteiger charge is 2.15. The van der Waals surface area contributed by atoms with Crippen LogP contribution in [0.25, 0.3) is 0 Å². The van der Waals surface area contributed by atoms with E-state index in [1.54, 1.807) is 12.1 Å². The van der Waals surface area contributed by atoms with E-state index in [4.69, 9.17) is 14.2 Å². The minimum Gasteiger partial charge on any atom is -0.489 e. The van der Waals surface area contributed by atoms with Gasteiger partial charge < -0.3 is 24.8 Å². The van der Waals surface area contributed by atoms with Crippen molar-refractivity contribution in [1.29, 1.82) is 0 Å². The number of nitrogens with zero attached hydrogens (tertiary/aromatic N) is 1. The summed E-state index contributed by atoms with van der Waals surface area (Å²) in [5.74, 6) is 0.910. The Kier molecular flexibility index (Phi) is 9.20. The fourth-order valence-corrected chi connectivity index (χ4v) is 2.60. The Hall–Kier alpha value is -1.86. The number of hydrogen-bond donors (Lipinski definition) is 2. The highest BCUT2D eigenvalue weighted by atomic mass is 19.1. The molecule has 2 atom stereocenters. The maximum atomic E-state index is 13.2. The molecule has 1 fully saturated rings. The lowest BCUT2D eigenvalue weighted by atomic mass is 10.2. The Balaban J connectivity index is 1.67. The summed E-state index contributed by atoms with van der Waals surface area (Å²) in [6.45, 7) is 7.90. The van der Waals surface area contributed by atoms with Crippen molar-refractivity contribution in [3.8, 4) is 5.75 Å². The molecular formula is C19H30FN3O3. The second-order valence-electron chi connectivity index (χ2n) is 6.24. The fourth-order valence-electron chi connectivity index (χ4n) is 2.60. The predicted molar refractivity (Wildman–Crippen MR) is 100 cm³/mol. The zero-order chi connectivity index (χ0) is 18.6. The van der Waals surface area contributed by atoms with Gasteiger partial charge in [0.05, 0.1) is 25.9 Å². The fraction of sp³-hybridized carbons (Fsp3) is 0.632. The molecule has 0 aromatic heterocycles. The summed E-state index contributed by atoms with van der Waals surface area (Å²) in [5, 5.41) is 6.42. The monoisotopic (exact) mass is 367 g/mol. The first-order valence-electron chi connectivity index (χ1n) is 9.31. The van der Waals surface area contributed by atoms with Crippen LogP contribution in [-0.2, 0) is 9.47 Å². The number of aliphatic imine (C=N–C) groups is 1. The van der Waals surface area contributed by atoms with Gasteiger partial charge in [-0.2, -0.15) is 0 Å². The lowest BCUT2D eigenvalue weighted by Gasteiger charge is -2.15. The van der Waals surface area contributed by atoms with E-state index in [2.05, 4.69) is 15.6 Å². The zero-order valence-electron chi connectivity index (χ0n) is 15.7. The molecule has 1 aliphatic heterocycles. The topological polar surface area (TPSA) is 64.1 Å². The lowest BCUT2D eigenvalue weighted by molar-refractivity contribution is 0.0191. The SMILES string of the molecule is CCNC(=NCC(C)Oc1cccc(F)c1)NCCOCC1CCCO1. The number of ether oxygens (including phenoxy) is 3. The maximum absolute atomic E-state index is 13.2. The molecule has 0 radical (unpaired) electrons. The van der Waals surface area contributed by atoms with Crippen LogP contribution < -0.4 is 15.4 Å². The molecule has 1 heterocycles. The molecular weight excluding hydrogens is 337 g/mol. The Bertz CT molecular complexity index is 551. The third kappa shape index (κ3) is 8.01. The highest BCUT2D eigenvalue weighted by Crippen LogP contribution is 2.14. The van der Waals surface area contributed by atoms with Crippen molar-refractivity contribution in [1.82, 2.24) is 10.6 Å². The Labute approximate surface area is 155 Å². The molecule has 7 heteroatoms. The van der Waals surface area contributed by atoms with Crippen LogP contribution in [-0.4, -0.2) is 57.6 Å².